The summed E-state index contributed by atoms with van der Waals surface area (Å²) in [5, 5.41) is 1.97. The number of aryl methyl sites for hydroxylation is 1. The van der Waals surface area contributed by atoms with Crippen LogP contribution < -0.4 is 0 Å². The second-order valence-electron chi connectivity index (χ2n) is 4.42. The van der Waals surface area contributed by atoms with Crippen LogP contribution in [-0.4, -0.2) is 11.0 Å². The fraction of sp³-hybridized carbons (Fsp3) is 0.429. The third-order valence-electron chi connectivity index (χ3n) is 2.99. The summed E-state index contributed by atoms with van der Waals surface area (Å²) in [5.41, 5.74) is 0.681. The zero-order chi connectivity index (χ0) is 13.8. The monoisotopic (exact) mass is 279 g/mol. The van der Waals surface area contributed by atoms with Gasteiger partial charge in [-0.25, -0.2) is 4.98 Å². The fourth-order valence-electron chi connectivity index (χ4n) is 1.52. The number of hydrogen-bond donors (Lipinski definition) is 0. The number of oxazole rings is 1. The van der Waals surface area contributed by atoms with Crippen LogP contribution in [-0.2, 0) is 16.1 Å². The molecular formula is C14H17NO3S. The maximum Gasteiger partial charge on any atom is 0.309 e. The molecule has 1 unspecified atom stereocenters. The van der Waals surface area contributed by atoms with E-state index in [1.165, 1.54) is 0 Å². The Hall–Kier alpha value is -1.62. The van der Waals surface area contributed by atoms with Crippen LogP contribution in [0, 0.1) is 12.8 Å². The van der Waals surface area contributed by atoms with Crippen LogP contribution >= 0.6 is 11.3 Å². The molecule has 0 aliphatic heterocycles. The van der Waals surface area contributed by atoms with Gasteiger partial charge in [-0.15, -0.1) is 11.3 Å². The topological polar surface area (TPSA) is 52.3 Å². The van der Waals surface area contributed by atoms with E-state index in [1.807, 2.05) is 38.3 Å². The highest BCUT2D eigenvalue weighted by molar-refractivity contribution is 7.13. The van der Waals surface area contributed by atoms with E-state index < -0.39 is 0 Å². The molecule has 4 nitrogen and oxygen atoms in total. The van der Waals surface area contributed by atoms with Gasteiger partial charge in [-0.3, -0.25) is 4.79 Å². The molecule has 2 aromatic rings. The smallest absolute Gasteiger partial charge is 0.309 e. The van der Waals surface area contributed by atoms with Gasteiger partial charge in [0, 0.05) is 0 Å². The van der Waals surface area contributed by atoms with Crippen molar-refractivity contribution in [2.45, 2.75) is 33.8 Å². The van der Waals surface area contributed by atoms with Crippen molar-refractivity contribution in [2.75, 3.05) is 0 Å². The average molecular weight is 279 g/mol. The summed E-state index contributed by atoms with van der Waals surface area (Å²) >= 11 is 1.57. The summed E-state index contributed by atoms with van der Waals surface area (Å²) in [4.78, 5) is 17.0. The zero-order valence-electron chi connectivity index (χ0n) is 11.3. The molecular weight excluding hydrogens is 262 g/mol. The van der Waals surface area contributed by atoms with E-state index in [0.717, 1.165) is 11.3 Å². The molecule has 0 aliphatic carbocycles. The molecule has 0 saturated carbocycles. The van der Waals surface area contributed by atoms with Crippen molar-refractivity contribution < 1.29 is 13.9 Å². The lowest BCUT2D eigenvalue weighted by Crippen LogP contribution is -2.14. The Kier molecular flexibility index (Phi) is 4.37. The van der Waals surface area contributed by atoms with Crippen LogP contribution in [0.4, 0.5) is 0 Å². The van der Waals surface area contributed by atoms with Crippen LogP contribution in [0.3, 0.4) is 0 Å². The first-order chi connectivity index (χ1) is 9.11. The van der Waals surface area contributed by atoms with E-state index >= 15 is 0 Å². The Morgan fingerprint density at radius 2 is 2.37 bits per heavy atom. The lowest BCUT2D eigenvalue weighted by Gasteiger charge is -2.07. The molecule has 0 aliphatic rings. The molecule has 0 saturated heterocycles. The Labute approximate surface area is 116 Å². The van der Waals surface area contributed by atoms with Crippen molar-refractivity contribution >= 4 is 17.3 Å². The van der Waals surface area contributed by atoms with Crippen molar-refractivity contribution in [1.82, 2.24) is 4.98 Å². The van der Waals surface area contributed by atoms with Crippen molar-refractivity contribution in [3.05, 3.63) is 29.0 Å². The molecule has 0 aromatic carbocycles. The van der Waals surface area contributed by atoms with E-state index in [4.69, 9.17) is 9.15 Å². The number of aromatic nitrogens is 1. The first-order valence-corrected chi connectivity index (χ1v) is 7.16. The standard InChI is InChI=1S/C14H17NO3S/c1-4-9(2)14(16)17-8-11-10(3)18-13(15-11)12-6-5-7-19-12/h5-7,9H,4,8H2,1-3H3. The lowest BCUT2D eigenvalue weighted by molar-refractivity contribution is -0.149. The number of thiophene rings is 1. The van der Waals surface area contributed by atoms with Gasteiger partial charge in [0.2, 0.25) is 5.89 Å². The minimum atomic E-state index is -0.192. The van der Waals surface area contributed by atoms with Crippen LogP contribution in [0.5, 0.6) is 0 Å². The summed E-state index contributed by atoms with van der Waals surface area (Å²) in [6.45, 7) is 5.82. The number of carbonyl (C=O) groups is 1. The molecule has 0 amide bonds. The van der Waals surface area contributed by atoms with Gasteiger partial charge in [-0.1, -0.05) is 19.9 Å². The molecule has 0 N–H and O–H groups in total. The maximum atomic E-state index is 11.6. The number of ether oxygens (including phenoxy) is 1. The van der Waals surface area contributed by atoms with Crippen molar-refractivity contribution in [2.24, 2.45) is 5.92 Å². The molecule has 2 heterocycles. The van der Waals surface area contributed by atoms with Crippen LogP contribution in [0.25, 0.3) is 10.8 Å². The molecule has 19 heavy (non-hydrogen) atoms. The number of hydrogen-bond acceptors (Lipinski definition) is 5. The minimum Gasteiger partial charge on any atom is -0.459 e. The maximum absolute atomic E-state index is 11.6. The predicted octanol–water partition coefficient (Wildman–Crippen LogP) is 3.80. The summed E-state index contributed by atoms with van der Waals surface area (Å²) < 4.78 is 10.8. The van der Waals surface area contributed by atoms with E-state index in [9.17, 15) is 4.79 Å². The van der Waals surface area contributed by atoms with Gasteiger partial charge in [0.15, 0.2) is 0 Å². The SMILES string of the molecule is CCC(C)C(=O)OCc1nc(-c2cccs2)oc1C. The van der Waals surface area contributed by atoms with E-state index in [0.29, 0.717) is 17.3 Å². The highest BCUT2D eigenvalue weighted by Crippen LogP contribution is 2.26. The molecule has 0 spiro atoms. The quantitative estimate of drug-likeness (QED) is 0.781. The Morgan fingerprint density at radius 1 is 1.58 bits per heavy atom. The van der Waals surface area contributed by atoms with Gasteiger partial charge in [-0.05, 0) is 24.8 Å². The van der Waals surface area contributed by atoms with Crippen LogP contribution in [0.2, 0.25) is 0 Å². The van der Waals surface area contributed by atoms with Gasteiger partial charge < -0.3 is 9.15 Å². The Morgan fingerprint density at radius 3 is 3.00 bits per heavy atom. The van der Waals surface area contributed by atoms with Gasteiger partial charge in [0.25, 0.3) is 0 Å². The molecule has 0 fully saturated rings. The van der Waals surface area contributed by atoms with E-state index in [2.05, 4.69) is 4.98 Å². The highest BCUT2D eigenvalue weighted by atomic mass is 32.1. The van der Waals surface area contributed by atoms with Crippen molar-refractivity contribution in [3.63, 3.8) is 0 Å². The molecule has 5 heteroatoms. The normalized spacial score (nSPS) is 12.4. The third-order valence-corrected chi connectivity index (χ3v) is 3.85. The Bertz CT molecular complexity index is 545. The fourth-order valence-corrected chi connectivity index (χ4v) is 2.17. The zero-order valence-corrected chi connectivity index (χ0v) is 12.1. The van der Waals surface area contributed by atoms with Crippen molar-refractivity contribution in [1.29, 1.82) is 0 Å². The minimum absolute atomic E-state index is 0.0797. The molecule has 102 valence electrons. The summed E-state index contributed by atoms with van der Waals surface area (Å²) in [7, 11) is 0. The van der Waals surface area contributed by atoms with E-state index in [1.54, 1.807) is 11.3 Å². The summed E-state index contributed by atoms with van der Waals surface area (Å²) in [6.07, 6.45) is 0.775. The van der Waals surface area contributed by atoms with Crippen LogP contribution in [0.15, 0.2) is 21.9 Å². The highest BCUT2D eigenvalue weighted by Gasteiger charge is 2.16. The second-order valence-corrected chi connectivity index (χ2v) is 5.36. The summed E-state index contributed by atoms with van der Waals surface area (Å²) in [6, 6.07) is 3.90. The number of carbonyl (C=O) groups excluding carboxylic acids is 1. The number of nitrogens with zero attached hydrogens (tertiary/aromatic N) is 1. The molecule has 2 aromatic heterocycles. The Balaban J connectivity index is 2.04. The van der Waals surface area contributed by atoms with Crippen LogP contribution in [0.1, 0.15) is 31.7 Å². The molecule has 1 atom stereocenters. The van der Waals surface area contributed by atoms with Gasteiger partial charge in [-0.2, -0.15) is 0 Å². The van der Waals surface area contributed by atoms with Gasteiger partial charge in [0.1, 0.15) is 18.1 Å². The second kappa shape index (κ2) is 6.02. The van der Waals surface area contributed by atoms with Gasteiger partial charge in [0.05, 0.1) is 10.8 Å². The number of rotatable bonds is 5. The largest absolute Gasteiger partial charge is 0.459 e. The lowest BCUT2D eigenvalue weighted by atomic mass is 10.1. The third kappa shape index (κ3) is 3.23. The molecule has 2 rings (SSSR count). The number of esters is 1. The van der Waals surface area contributed by atoms with Gasteiger partial charge >= 0.3 is 5.97 Å². The first-order valence-electron chi connectivity index (χ1n) is 6.28. The first kappa shape index (κ1) is 13.8. The molecule has 0 radical (unpaired) electrons. The van der Waals surface area contributed by atoms with Crippen molar-refractivity contribution in [3.8, 4) is 10.8 Å². The summed E-state index contributed by atoms with van der Waals surface area (Å²) in [5.74, 6) is 1.01. The molecule has 0 bridgehead atoms. The van der Waals surface area contributed by atoms with E-state index in [-0.39, 0.29) is 18.5 Å². The average Bonchev–Trinajstić information content (AvgIpc) is 3.04. The predicted molar refractivity (Wildman–Crippen MR) is 73.8 cm³/mol.